The fourth-order valence-corrected chi connectivity index (χ4v) is 0.786. The van der Waals surface area contributed by atoms with Crippen LogP contribution < -0.4 is 5.32 Å². The average molecular weight is 232 g/mol. The molecule has 0 aromatic carbocycles. The summed E-state index contributed by atoms with van der Waals surface area (Å²) in [6, 6.07) is 1.73. The zero-order valence-corrected chi connectivity index (χ0v) is 9.32. The number of carboxylic acids is 1. The second kappa shape index (κ2) is 6.74. The van der Waals surface area contributed by atoms with Crippen LogP contribution in [-0.2, 0) is 4.79 Å². The molecule has 0 aliphatic heterocycles. The summed E-state index contributed by atoms with van der Waals surface area (Å²) < 4.78 is 0. The first-order valence-electron chi connectivity index (χ1n) is 4.46. The molecule has 3 N–H and O–H groups in total. The molecule has 0 aliphatic rings. The molecule has 0 rings (SSSR count). The van der Waals surface area contributed by atoms with E-state index in [0.717, 1.165) is 6.08 Å². The second-order valence-corrected chi connectivity index (χ2v) is 2.87. The summed E-state index contributed by atoms with van der Waals surface area (Å²) >= 11 is 0. The Morgan fingerprint density at radius 1 is 1.59 bits per heavy atom. The molecule has 0 aliphatic carbocycles. The van der Waals surface area contributed by atoms with E-state index < -0.39 is 11.7 Å². The molecule has 0 radical (unpaired) electrons. The van der Waals surface area contributed by atoms with Crippen molar-refractivity contribution in [2.75, 3.05) is 7.05 Å². The fourth-order valence-electron chi connectivity index (χ4n) is 0.786. The lowest BCUT2D eigenvalue weighted by atomic mass is 10.2. The van der Waals surface area contributed by atoms with Gasteiger partial charge in [-0.05, 0) is 6.08 Å². The van der Waals surface area contributed by atoms with Crippen LogP contribution in [0.2, 0.25) is 0 Å². The molecule has 0 saturated heterocycles. The zero-order chi connectivity index (χ0) is 13.4. The highest BCUT2D eigenvalue weighted by Crippen LogP contribution is 2.02. The highest BCUT2D eigenvalue weighted by atomic mass is 16.4. The standard InChI is InChI=1S/C11H12N4O2/c1-7(6-15-8(2)5-12)10(14-3)4-9(13)11(16)17/h4,6,13-14H,1-2H2,3H3,(H,16,17)/b10-4-,13-9?,15-6+. The van der Waals surface area contributed by atoms with Crippen LogP contribution in [-0.4, -0.2) is 30.0 Å². The number of allylic oxidation sites excluding steroid dienone is 2. The number of hydrogen-bond acceptors (Lipinski definition) is 5. The molecule has 0 heterocycles. The Morgan fingerprint density at radius 2 is 2.18 bits per heavy atom. The molecule has 6 nitrogen and oxygen atoms in total. The van der Waals surface area contributed by atoms with Gasteiger partial charge in [-0.1, -0.05) is 13.2 Å². The quantitative estimate of drug-likeness (QED) is 0.358. The van der Waals surface area contributed by atoms with Crippen molar-refractivity contribution in [3.8, 4) is 6.07 Å². The number of carboxylic acid groups (broad SMARTS) is 1. The summed E-state index contributed by atoms with van der Waals surface area (Å²) in [7, 11) is 1.55. The van der Waals surface area contributed by atoms with Gasteiger partial charge < -0.3 is 10.4 Å². The minimum atomic E-state index is -1.34. The van der Waals surface area contributed by atoms with Gasteiger partial charge in [0.1, 0.15) is 17.5 Å². The normalized spacial score (nSPS) is 10.7. The van der Waals surface area contributed by atoms with E-state index in [1.165, 1.54) is 6.21 Å². The van der Waals surface area contributed by atoms with Crippen molar-refractivity contribution in [3.05, 3.63) is 36.2 Å². The van der Waals surface area contributed by atoms with Gasteiger partial charge in [0.15, 0.2) is 0 Å². The first kappa shape index (κ1) is 14.3. The molecule has 0 saturated carbocycles. The van der Waals surface area contributed by atoms with Gasteiger partial charge in [-0.2, -0.15) is 5.26 Å². The summed E-state index contributed by atoms with van der Waals surface area (Å²) in [6.07, 6.45) is 2.37. The maximum absolute atomic E-state index is 10.5. The average Bonchev–Trinajstić information content (AvgIpc) is 2.31. The molecular formula is C11H12N4O2. The lowest BCUT2D eigenvalue weighted by Crippen LogP contribution is -2.15. The maximum atomic E-state index is 10.5. The molecule has 0 spiro atoms. The predicted octanol–water partition coefficient (Wildman–Crippen LogP) is 0.858. The number of rotatable bonds is 6. The Morgan fingerprint density at radius 3 is 2.59 bits per heavy atom. The smallest absolute Gasteiger partial charge is 0.353 e. The molecule has 0 atom stereocenters. The van der Waals surface area contributed by atoms with Gasteiger partial charge >= 0.3 is 5.97 Å². The zero-order valence-electron chi connectivity index (χ0n) is 9.32. The highest BCUT2D eigenvalue weighted by molar-refractivity contribution is 6.39. The third kappa shape index (κ3) is 5.09. The van der Waals surface area contributed by atoms with Crippen LogP contribution in [0.1, 0.15) is 0 Å². The third-order valence-corrected chi connectivity index (χ3v) is 1.64. The van der Waals surface area contributed by atoms with Crippen LogP contribution >= 0.6 is 0 Å². The monoisotopic (exact) mass is 232 g/mol. The minimum absolute atomic E-state index is 0.00918. The SMILES string of the molecule is C=C(C#N)/N=C/C(=C)/C(=C/C(=N)C(=O)O)NC. The predicted molar refractivity (Wildman–Crippen MR) is 64.9 cm³/mol. The molecule has 0 fully saturated rings. The van der Waals surface area contributed by atoms with Gasteiger partial charge in [-0.25, -0.2) is 9.79 Å². The van der Waals surface area contributed by atoms with Gasteiger partial charge in [0.05, 0.1) is 0 Å². The van der Waals surface area contributed by atoms with Crippen LogP contribution in [0.3, 0.4) is 0 Å². The van der Waals surface area contributed by atoms with Crippen molar-refractivity contribution in [3.63, 3.8) is 0 Å². The molecule has 0 bridgehead atoms. The molecule has 0 unspecified atom stereocenters. The molecule has 0 aromatic rings. The summed E-state index contributed by atoms with van der Waals surface area (Å²) in [4.78, 5) is 14.2. The Hall–Kier alpha value is -2.68. The molecule has 0 amide bonds. The van der Waals surface area contributed by atoms with Crippen molar-refractivity contribution < 1.29 is 9.90 Å². The van der Waals surface area contributed by atoms with E-state index >= 15 is 0 Å². The van der Waals surface area contributed by atoms with Gasteiger partial charge in [0, 0.05) is 24.5 Å². The first-order valence-corrected chi connectivity index (χ1v) is 4.46. The Balaban J connectivity index is 4.92. The van der Waals surface area contributed by atoms with Crippen LogP contribution in [0, 0.1) is 16.7 Å². The summed E-state index contributed by atoms with van der Waals surface area (Å²) in [5.41, 5.74) is 0.0970. The van der Waals surface area contributed by atoms with E-state index in [-0.39, 0.29) is 5.70 Å². The number of nitrogens with one attached hydrogen (secondary N) is 2. The van der Waals surface area contributed by atoms with Gasteiger partial charge in [-0.15, -0.1) is 0 Å². The number of likely N-dealkylation sites (N-methyl/N-ethyl adjacent to an activating group) is 1. The van der Waals surface area contributed by atoms with E-state index in [1.54, 1.807) is 13.1 Å². The van der Waals surface area contributed by atoms with Crippen LogP contribution in [0.25, 0.3) is 0 Å². The van der Waals surface area contributed by atoms with Crippen molar-refractivity contribution in [1.29, 1.82) is 10.7 Å². The number of hydrogen-bond donors (Lipinski definition) is 3. The van der Waals surface area contributed by atoms with Gasteiger partial charge in [0.2, 0.25) is 0 Å². The van der Waals surface area contributed by atoms with E-state index in [9.17, 15) is 4.79 Å². The van der Waals surface area contributed by atoms with E-state index in [4.69, 9.17) is 15.8 Å². The van der Waals surface area contributed by atoms with E-state index in [1.807, 2.05) is 0 Å². The highest BCUT2D eigenvalue weighted by Gasteiger charge is 2.06. The van der Waals surface area contributed by atoms with Crippen molar-refractivity contribution in [2.45, 2.75) is 0 Å². The van der Waals surface area contributed by atoms with Crippen molar-refractivity contribution >= 4 is 17.9 Å². The number of aliphatic imine (C=N–C) groups is 1. The van der Waals surface area contributed by atoms with Crippen molar-refractivity contribution in [2.24, 2.45) is 4.99 Å². The second-order valence-electron chi connectivity index (χ2n) is 2.87. The van der Waals surface area contributed by atoms with E-state index in [2.05, 4.69) is 23.5 Å². The van der Waals surface area contributed by atoms with Crippen LogP contribution in [0.5, 0.6) is 0 Å². The lowest BCUT2D eigenvalue weighted by Gasteiger charge is -2.05. The molecular weight excluding hydrogens is 220 g/mol. The lowest BCUT2D eigenvalue weighted by molar-refractivity contribution is -0.129. The molecule has 88 valence electrons. The molecule has 6 heteroatoms. The number of nitriles is 1. The Labute approximate surface area is 98.8 Å². The van der Waals surface area contributed by atoms with Gasteiger partial charge in [0.25, 0.3) is 0 Å². The number of aliphatic carboxylic acids is 1. The van der Waals surface area contributed by atoms with Crippen molar-refractivity contribution in [1.82, 2.24) is 5.32 Å². The summed E-state index contributed by atoms with van der Waals surface area (Å²) in [5, 5.41) is 26.8. The van der Waals surface area contributed by atoms with Crippen LogP contribution in [0.4, 0.5) is 0 Å². The summed E-state index contributed by atoms with van der Waals surface area (Å²) in [6.45, 7) is 6.97. The molecule has 0 aromatic heterocycles. The fraction of sp³-hybridized carbons (Fsp3) is 0.0909. The minimum Gasteiger partial charge on any atom is -0.477 e. The topological polar surface area (TPSA) is 109 Å². The Bertz CT molecular complexity index is 466. The van der Waals surface area contributed by atoms with Crippen LogP contribution in [0.15, 0.2) is 41.2 Å². The summed E-state index contributed by atoms with van der Waals surface area (Å²) in [5.74, 6) is -1.34. The maximum Gasteiger partial charge on any atom is 0.353 e. The van der Waals surface area contributed by atoms with E-state index in [0.29, 0.717) is 11.3 Å². The number of nitrogens with zero attached hydrogens (tertiary/aromatic N) is 2. The Kier molecular flexibility index (Phi) is 5.68. The molecule has 17 heavy (non-hydrogen) atoms. The third-order valence-electron chi connectivity index (χ3n) is 1.64. The first-order chi connectivity index (χ1) is 7.92. The number of carbonyl (C=O) groups is 1. The van der Waals surface area contributed by atoms with Gasteiger partial charge in [-0.3, -0.25) is 5.41 Å². The largest absolute Gasteiger partial charge is 0.477 e.